The predicted molar refractivity (Wildman–Crippen MR) is 230 cm³/mol. The standard InChI is InChI=1S/C43H77N7O11/c1-4-5-6-7-8-9-10-11-12-13-14-18-38(52)47-20-22-58-24-27-61-32-40(54)48-21-23-59-25-26-60-31-39(53)46-19-16-15-17-34(42(56)57)28-37(51)43(2,3)50-41(55)36(44)29-35-30-45-33-49-35/h30,33-34,36H,4-29,31-32,44H2,1-3H3,(H,45,49)(H,46,53)(H,47,52)(H,48,54)(H,50,55)(H,56,57)/t34-,36+/m1/s1. The van der Waals surface area contributed by atoms with E-state index in [1.54, 1.807) is 6.20 Å². The van der Waals surface area contributed by atoms with Crippen LogP contribution in [0.2, 0.25) is 0 Å². The van der Waals surface area contributed by atoms with Gasteiger partial charge in [-0.05, 0) is 33.1 Å². The molecule has 350 valence electrons. The Morgan fingerprint density at radius 1 is 0.705 bits per heavy atom. The van der Waals surface area contributed by atoms with Crippen molar-refractivity contribution in [3.05, 3.63) is 18.2 Å². The Morgan fingerprint density at radius 2 is 1.23 bits per heavy atom. The highest BCUT2D eigenvalue weighted by Gasteiger charge is 2.34. The number of Topliss-reactive ketones (excluding diaryl/α,β-unsaturated/α-hetero) is 1. The zero-order valence-electron chi connectivity index (χ0n) is 37.2. The average Bonchev–Trinajstić information content (AvgIpc) is 3.74. The Kier molecular flexibility index (Phi) is 32.1. The van der Waals surface area contributed by atoms with Crippen molar-refractivity contribution in [2.24, 2.45) is 11.7 Å². The van der Waals surface area contributed by atoms with Crippen LogP contribution in [0, 0.1) is 5.92 Å². The molecule has 4 amide bonds. The monoisotopic (exact) mass is 868 g/mol. The van der Waals surface area contributed by atoms with Crippen LogP contribution in [0.25, 0.3) is 0 Å². The third-order valence-electron chi connectivity index (χ3n) is 9.90. The lowest BCUT2D eigenvalue weighted by atomic mass is 9.88. The maximum absolute atomic E-state index is 13.0. The molecule has 0 bridgehead atoms. The van der Waals surface area contributed by atoms with Crippen LogP contribution in [-0.4, -0.2) is 135 Å². The molecule has 18 heteroatoms. The van der Waals surface area contributed by atoms with Crippen molar-refractivity contribution in [1.29, 1.82) is 0 Å². The Balaban J connectivity index is 1.95. The van der Waals surface area contributed by atoms with Crippen LogP contribution >= 0.6 is 0 Å². The Morgan fingerprint density at radius 3 is 1.77 bits per heavy atom. The molecule has 1 heterocycles. The summed E-state index contributed by atoms with van der Waals surface area (Å²) >= 11 is 0. The van der Waals surface area contributed by atoms with E-state index in [9.17, 15) is 33.9 Å². The number of nitrogens with two attached hydrogens (primary N) is 1. The third-order valence-corrected chi connectivity index (χ3v) is 9.90. The van der Waals surface area contributed by atoms with Gasteiger partial charge in [0.25, 0.3) is 0 Å². The topological polar surface area (TPSA) is 262 Å². The summed E-state index contributed by atoms with van der Waals surface area (Å²) in [7, 11) is 0. The average molecular weight is 868 g/mol. The van der Waals surface area contributed by atoms with E-state index in [-0.39, 0.29) is 83.2 Å². The largest absolute Gasteiger partial charge is 0.481 e. The zero-order valence-corrected chi connectivity index (χ0v) is 37.2. The maximum atomic E-state index is 13.0. The zero-order chi connectivity index (χ0) is 45.0. The molecule has 0 unspecified atom stereocenters. The second-order valence-electron chi connectivity index (χ2n) is 15.8. The van der Waals surface area contributed by atoms with Gasteiger partial charge in [0.15, 0.2) is 5.78 Å². The number of ether oxygens (including phenoxy) is 4. The summed E-state index contributed by atoms with van der Waals surface area (Å²) in [6.45, 7) is 7.63. The highest BCUT2D eigenvalue weighted by atomic mass is 16.5. The van der Waals surface area contributed by atoms with Crippen LogP contribution < -0.4 is 27.0 Å². The summed E-state index contributed by atoms with van der Waals surface area (Å²) in [5.41, 5.74) is 5.32. The number of H-pyrrole nitrogens is 1. The number of nitrogens with one attached hydrogen (secondary N) is 5. The lowest BCUT2D eigenvalue weighted by Crippen LogP contribution is -2.55. The molecular weight excluding hydrogens is 791 g/mol. The number of aromatic nitrogens is 2. The van der Waals surface area contributed by atoms with E-state index in [1.807, 2.05) is 0 Å². The van der Waals surface area contributed by atoms with E-state index in [0.717, 1.165) is 12.8 Å². The fraction of sp³-hybridized carbons (Fsp3) is 0.791. The molecule has 0 aromatic carbocycles. The number of aliphatic carboxylic acids is 1. The lowest BCUT2D eigenvalue weighted by Gasteiger charge is -2.27. The summed E-state index contributed by atoms with van der Waals surface area (Å²) in [6, 6.07) is -0.916. The lowest BCUT2D eigenvalue weighted by molar-refractivity contribution is -0.145. The predicted octanol–water partition coefficient (Wildman–Crippen LogP) is 3.12. The number of nitrogens with zero attached hydrogens (tertiary/aromatic N) is 1. The van der Waals surface area contributed by atoms with Gasteiger partial charge in [-0.2, -0.15) is 0 Å². The van der Waals surface area contributed by atoms with Crippen LogP contribution in [-0.2, 0) is 54.1 Å². The number of aromatic amines is 1. The SMILES string of the molecule is CCCCCCCCCCCCCC(=O)NCCOCCOCC(=O)NCCOCCOCC(=O)NCCCC[C@H](CC(=O)C(C)(C)NC(=O)[C@@H](N)Cc1cnc[nH]1)C(=O)O. The highest BCUT2D eigenvalue weighted by Crippen LogP contribution is 2.19. The van der Waals surface area contributed by atoms with Gasteiger partial charge in [0.05, 0.1) is 63.5 Å². The van der Waals surface area contributed by atoms with E-state index in [4.69, 9.17) is 24.7 Å². The van der Waals surface area contributed by atoms with E-state index >= 15 is 0 Å². The Hall–Kier alpha value is -3.97. The first-order chi connectivity index (χ1) is 29.4. The molecule has 0 saturated carbocycles. The second-order valence-corrected chi connectivity index (χ2v) is 15.8. The molecule has 0 aliphatic carbocycles. The molecular formula is C43H77N7O11. The van der Waals surface area contributed by atoms with Gasteiger partial charge < -0.3 is 56.0 Å². The van der Waals surface area contributed by atoms with Crippen molar-refractivity contribution in [2.75, 3.05) is 72.5 Å². The summed E-state index contributed by atoms with van der Waals surface area (Å²) in [5, 5.41) is 20.6. The number of carbonyl (C=O) groups excluding carboxylic acids is 5. The summed E-state index contributed by atoms with van der Waals surface area (Å²) in [5.74, 6) is -3.58. The van der Waals surface area contributed by atoms with Crippen molar-refractivity contribution < 1.29 is 52.8 Å². The van der Waals surface area contributed by atoms with Gasteiger partial charge in [-0.3, -0.25) is 28.8 Å². The normalized spacial score (nSPS) is 12.4. The van der Waals surface area contributed by atoms with Gasteiger partial charge in [-0.1, -0.05) is 77.6 Å². The maximum Gasteiger partial charge on any atom is 0.306 e. The first-order valence-corrected chi connectivity index (χ1v) is 22.3. The molecule has 0 aliphatic rings. The molecule has 1 aromatic heterocycles. The molecule has 0 fully saturated rings. The van der Waals surface area contributed by atoms with Crippen molar-refractivity contribution in [1.82, 2.24) is 31.2 Å². The molecule has 1 rings (SSSR count). The van der Waals surface area contributed by atoms with Crippen LogP contribution in [0.15, 0.2) is 12.5 Å². The number of carboxylic acids is 1. The molecule has 0 aliphatic heterocycles. The van der Waals surface area contributed by atoms with E-state index < -0.39 is 35.2 Å². The number of imidazole rings is 1. The van der Waals surface area contributed by atoms with Crippen molar-refractivity contribution in [3.63, 3.8) is 0 Å². The minimum absolute atomic E-state index is 0.0486. The molecule has 8 N–H and O–H groups in total. The van der Waals surface area contributed by atoms with E-state index in [2.05, 4.69) is 38.2 Å². The van der Waals surface area contributed by atoms with Gasteiger partial charge in [-0.25, -0.2) is 4.98 Å². The van der Waals surface area contributed by atoms with E-state index in [0.29, 0.717) is 51.3 Å². The van der Waals surface area contributed by atoms with Crippen molar-refractivity contribution in [3.8, 4) is 0 Å². The molecule has 2 atom stereocenters. The number of carbonyl (C=O) groups is 6. The summed E-state index contributed by atoms with van der Waals surface area (Å²) in [6.07, 6.45) is 18.5. The molecule has 18 nitrogen and oxygen atoms in total. The molecule has 0 radical (unpaired) electrons. The molecule has 1 aromatic rings. The fourth-order valence-electron chi connectivity index (χ4n) is 6.17. The first kappa shape index (κ1) is 55.0. The van der Waals surface area contributed by atoms with Gasteiger partial charge in [-0.15, -0.1) is 0 Å². The van der Waals surface area contributed by atoms with E-state index in [1.165, 1.54) is 78.0 Å². The third kappa shape index (κ3) is 30.7. The quantitative estimate of drug-likeness (QED) is 0.0468. The minimum atomic E-state index is -1.31. The van der Waals surface area contributed by atoms with Crippen molar-refractivity contribution >= 4 is 35.4 Å². The number of ketones is 1. The van der Waals surface area contributed by atoms with Gasteiger partial charge in [0.1, 0.15) is 13.2 Å². The molecule has 0 saturated heterocycles. The van der Waals surface area contributed by atoms with Crippen LogP contribution in [0.3, 0.4) is 0 Å². The number of hydrogen-bond donors (Lipinski definition) is 7. The van der Waals surface area contributed by atoms with Crippen LogP contribution in [0.4, 0.5) is 0 Å². The fourth-order valence-corrected chi connectivity index (χ4v) is 6.17. The second kappa shape index (κ2) is 35.6. The smallest absolute Gasteiger partial charge is 0.306 e. The Labute approximate surface area is 362 Å². The summed E-state index contributed by atoms with van der Waals surface area (Å²) < 4.78 is 21.5. The van der Waals surface area contributed by atoms with Crippen LogP contribution in [0.5, 0.6) is 0 Å². The minimum Gasteiger partial charge on any atom is -0.481 e. The van der Waals surface area contributed by atoms with Gasteiger partial charge >= 0.3 is 5.97 Å². The number of amides is 4. The van der Waals surface area contributed by atoms with Gasteiger partial charge in [0.2, 0.25) is 23.6 Å². The number of rotatable bonds is 41. The number of carboxylic acid groups (broad SMARTS) is 1. The molecule has 61 heavy (non-hydrogen) atoms. The summed E-state index contributed by atoms with van der Waals surface area (Å²) in [4.78, 5) is 80.1. The molecule has 0 spiro atoms. The highest BCUT2D eigenvalue weighted by molar-refractivity contribution is 5.95. The number of unbranched alkanes of at least 4 members (excludes halogenated alkanes) is 11. The van der Waals surface area contributed by atoms with Crippen molar-refractivity contribution in [2.45, 2.75) is 142 Å². The number of hydrogen-bond acceptors (Lipinski definition) is 12. The van der Waals surface area contributed by atoms with Crippen LogP contribution in [0.1, 0.15) is 129 Å². The Bertz CT molecular complexity index is 1350. The first-order valence-electron chi connectivity index (χ1n) is 22.3. The van der Waals surface area contributed by atoms with Gasteiger partial charge in [0, 0.05) is 50.8 Å².